The monoisotopic (exact) mass is 267 g/mol. The van der Waals surface area contributed by atoms with Crippen LogP contribution in [0.3, 0.4) is 0 Å². The number of hydrogen-bond acceptors (Lipinski definition) is 2. The second-order valence-corrected chi connectivity index (χ2v) is 5.68. The fraction of sp³-hybridized carbons (Fsp3) is 0.455. The first-order valence-electron chi connectivity index (χ1n) is 5.01. The summed E-state index contributed by atoms with van der Waals surface area (Å²) in [7, 11) is -3.55. The first-order chi connectivity index (χ1) is 6.89. The van der Waals surface area contributed by atoms with Gasteiger partial charge in [0.1, 0.15) is 0 Å². The summed E-state index contributed by atoms with van der Waals surface area (Å²) in [6, 6.07) is 6.76. The molecule has 0 heterocycles. The average molecular weight is 267 g/mol. The molecule has 0 spiro atoms. The molecule has 16 heavy (non-hydrogen) atoms. The van der Waals surface area contributed by atoms with Crippen molar-refractivity contribution in [3.05, 3.63) is 29.8 Å². The van der Waals surface area contributed by atoms with Gasteiger partial charge in [0.25, 0.3) is 0 Å². The van der Waals surface area contributed by atoms with Gasteiger partial charge in [0, 0.05) is 0 Å². The molecule has 0 fully saturated rings. The van der Waals surface area contributed by atoms with Gasteiger partial charge in [-0.1, -0.05) is 26.0 Å². The molecule has 86 valence electrons. The van der Waals surface area contributed by atoms with E-state index in [0.717, 1.165) is 18.4 Å². The summed E-state index contributed by atoms with van der Waals surface area (Å²) in [5.41, 5.74) is 1.15. The van der Waals surface area contributed by atoms with Gasteiger partial charge in [0.05, 0.1) is 4.90 Å². The molecule has 2 N–H and O–H groups in total. The van der Waals surface area contributed by atoms with Gasteiger partial charge < -0.3 is 0 Å². The van der Waals surface area contributed by atoms with Gasteiger partial charge in [-0.25, -0.2) is 13.6 Å². The van der Waals surface area contributed by atoms with Crippen molar-refractivity contribution in [3.8, 4) is 0 Å². The predicted octanol–water partition coefficient (Wildman–Crippen LogP) is 1.27. The Morgan fingerprint density at radius 3 is 2.06 bits per heavy atom. The Bertz CT molecular complexity index is 412. The van der Waals surface area contributed by atoms with Crippen molar-refractivity contribution in [1.29, 1.82) is 0 Å². The third-order valence-corrected chi connectivity index (χ3v) is 3.19. The zero-order valence-electron chi connectivity index (χ0n) is 9.10. The van der Waals surface area contributed by atoms with Crippen LogP contribution < -0.4 is 5.14 Å². The van der Waals surface area contributed by atoms with Crippen LogP contribution in [-0.4, -0.2) is 59.8 Å². The van der Waals surface area contributed by atoms with Gasteiger partial charge in [0.15, 0.2) is 0 Å². The molecule has 0 unspecified atom stereocenters. The van der Waals surface area contributed by atoms with Crippen molar-refractivity contribution in [2.45, 2.75) is 31.6 Å². The quantitative estimate of drug-likeness (QED) is 0.835. The Hall–Kier alpha value is 0.766. The zero-order valence-corrected chi connectivity index (χ0v) is 9.92. The topological polar surface area (TPSA) is 60.2 Å². The molecule has 1 aromatic carbocycles. The molecule has 0 aromatic heterocycles. The average Bonchev–Trinajstić information content (AvgIpc) is 2.14. The first kappa shape index (κ1) is 16.8. The van der Waals surface area contributed by atoms with Crippen LogP contribution in [0.5, 0.6) is 0 Å². The zero-order chi connectivity index (χ0) is 11.5. The minimum atomic E-state index is -3.55. The summed E-state index contributed by atoms with van der Waals surface area (Å²) in [6.07, 6.45) is 2.08. The van der Waals surface area contributed by atoms with E-state index in [1.165, 1.54) is 0 Å². The summed E-state index contributed by atoms with van der Waals surface area (Å²) in [5, 5.41) is 5.00. The van der Waals surface area contributed by atoms with E-state index < -0.39 is 10.0 Å². The third-order valence-electron chi connectivity index (χ3n) is 2.26. The second-order valence-electron chi connectivity index (χ2n) is 4.12. The Kier molecular flexibility index (Phi) is 7.60. The molecule has 1 rings (SSSR count). The van der Waals surface area contributed by atoms with E-state index >= 15 is 0 Å². The molecule has 5 heteroatoms. The van der Waals surface area contributed by atoms with Crippen LogP contribution in [0.2, 0.25) is 0 Å². The van der Waals surface area contributed by atoms with Crippen LogP contribution in [0.25, 0.3) is 0 Å². The molecular weight excluding hydrogens is 249 g/mol. The number of nitrogens with two attached hydrogens (primary N) is 1. The molecule has 3 nitrogen and oxygen atoms in total. The normalized spacial score (nSPS) is 11.2. The van der Waals surface area contributed by atoms with Crippen LogP contribution in [-0.2, 0) is 16.4 Å². The Balaban J connectivity index is 0.00000225. The van der Waals surface area contributed by atoms with Crippen LogP contribution in [0.4, 0.5) is 0 Å². The maximum atomic E-state index is 11.0. The first-order valence-corrected chi connectivity index (χ1v) is 6.56. The number of hydrogen-bond donors (Lipinski definition) is 1. The van der Waals surface area contributed by atoms with E-state index in [9.17, 15) is 8.42 Å². The fourth-order valence-electron chi connectivity index (χ4n) is 1.30. The Morgan fingerprint density at radius 1 is 1.19 bits per heavy atom. The van der Waals surface area contributed by atoms with Gasteiger partial charge in [-0.3, -0.25) is 0 Å². The van der Waals surface area contributed by atoms with E-state index in [-0.39, 0.29) is 56.3 Å². The van der Waals surface area contributed by atoms with E-state index in [1.807, 2.05) is 12.1 Å². The van der Waals surface area contributed by atoms with Crippen molar-refractivity contribution >= 4 is 61.4 Å². The van der Waals surface area contributed by atoms with Crippen LogP contribution in [0.15, 0.2) is 29.2 Å². The number of primary sulfonamides is 1. The third kappa shape index (κ3) is 5.91. The molecule has 0 saturated carbocycles. The molecule has 0 amide bonds. The predicted molar refractivity (Wildman–Crippen MR) is 68.1 cm³/mol. The second kappa shape index (κ2) is 7.26. The van der Waals surface area contributed by atoms with E-state index in [2.05, 4.69) is 13.8 Å². The summed E-state index contributed by atoms with van der Waals surface area (Å²) >= 11 is 0. The Morgan fingerprint density at radius 2 is 1.69 bits per heavy atom. The number of rotatable bonds is 4. The molecule has 0 radical (unpaired) electrons. The summed E-state index contributed by atoms with van der Waals surface area (Å²) < 4.78 is 22.0. The fourth-order valence-corrected chi connectivity index (χ4v) is 1.82. The SMILES string of the molecule is CC(C)CCc1ccc(S(N)(=O)=O)cc1.[KH]. The van der Waals surface area contributed by atoms with Crippen LogP contribution in [0.1, 0.15) is 25.8 Å². The van der Waals surface area contributed by atoms with E-state index in [1.54, 1.807) is 12.1 Å². The minimum absolute atomic E-state index is 0. The van der Waals surface area contributed by atoms with Gasteiger partial charge in [0.2, 0.25) is 10.0 Å². The molecular formula is C11H18KNO2S. The summed E-state index contributed by atoms with van der Waals surface area (Å²) in [4.78, 5) is 0.177. The van der Waals surface area contributed by atoms with Crippen molar-refractivity contribution < 1.29 is 8.42 Å². The number of benzene rings is 1. The standard InChI is InChI=1S/C11H17NO2S.K.H/c1-9(2)3-4-10-5-7-11(8-6-10)15(12,13)14;;/h5-9H,3-4H2,1-2H3,(H2,12,13,14);;. The van der Waals surface area contributed by atoms with Crippen LogP contribution in [0, 0.1) is 5.92 Å². The molecule has 0 atom stereocenters. The van der Waals surface area contributed by atoms with Crippen molar-refractivity contribution in [2.24, 2.45) is 11.1 Å². The van der Waals surface area contributed by atoms with Gasteiger partial charge in [-0.2, -0.15) is 0 Å². The molecule has 0 aliphatic rings. The maximum absolute atomic E-state index is 11.0. The van der Waals surface area contributed by atoms with E-state index in [0.29, 0.717) is 5.92 Å². The van der Waals surface area contributed by atoms with E-state index in [4.69, 9.17) is 5.14 Å². The van der Waals surface area contributed by atoms with Crippen molar-refractivity contribution in [1.82, 2.24) is 0 Å². The van der Waals surface area contributed by atoms with Crippen LogP contribution >= 0.6 is 0 Å². The molecule has 1 aromatic rings. The van der Waals surface area contributed by atoms with Gasteiger partial charge in [-0.05, 0) is 36.5 Å². The van der Waals surface area contributed by atoms with Crippen molar-refractivity contribution in [2.75, 3.05) is 0 Å². The van der Waals surface area contributed by atoms with Crippen molar-refractivity contribution in [3.63, 3.8) is 0 Å². The van der Waals surface area contributed by atoms with Gasteiger partial charge >= 0.3 is 51.4 Å². The molecule has 0 bridgehead atoms. The number of sulfonamides is 1. The molecule has 0 aliphatic heterocycles. The Labute approximate surface area is 140 Å². The molecule has 0 saturated heterocycles. The summed E-state index contributed by atoms with van der Waals surface area (Å²) in [6.45, 7) is 4.33. The van der Waals surface area contributed by atoms with Gasteiger partial charge in [-0.15, -0.1) is 0 Å². The summed E-state index contributed by atoms with van der Waals surface area (Å²) in [5.74, 6) is 0.655. The molecule has 0 aliphatic carbocycles. The number of aryl methyl sites for hydroxylation is 1.